The number of benzene rings is 2. The van der Waals surface area contributed by atoms with Gasteiger partial charge in [0.25, 0.3) is 0 Å². The number of H-pyrrole nitrogens is 1. The average Bonchev–Trinajstić information content (AvgIpc) is 3.21. The second-order valence-electron chi connectivity index (χ2n) is 5.82. The average molecular weight is 370 g/mol. The molecule has 140 valence electrons. The van der Waals surface area contributed by atoms with E-state index in [1.54, 1.807) is 0 Å². The lowest BCUT2D eigenvalue weighted by Crippen LogP contribution is -2.37. The molecule has 0 bridgehead atoms. The molecular formula is C19H20F2N6. The monoisotopic (exact) mass is 370 g/mol. The number of halogens is 2. The second kappa shape index (κ2) is 8.88. The highest BCUT2D eigenvalue weighted by Gasteiger charge is 2.06. The summed E-state index contributed by atoms with van der Waals surface area (Å²) in [5.41, 5.74) is 2.14. The highest BCUT2D eigenvalue weighted by molar-refractivity contribution is 5.79. The minimum Gasteiger partial charge on any atom is -0.357 e. The van der Waals surface area contributed by atoms with Crippen LogP contribution in [0.2, 0.25) is 0 Å². The van der Waals surface area contributed by atoms with Gasteiger partial charge < -0.3 is 10.6 Å². The van der Waals surface area contributed by atoms with Crippen molar-refractivity contribution in [2.24, 2.45) is 4.99 Å². The van der Waals surface area contributed by atoms with Crippen molar-refractivity contribution in [3.05, 3.63) is 71.6 Å². The normalized spacial score (nSPS) is 11.4. The van der Waals surface area contributed by atoms with Gasteiger partial charge in [-0.15, -0.1) is 0 Å². The summed E-state index contributed by atoms with van der Waals surface area (Å²) in [4.78, 5) is 8.64. The molecule has 1 heterocycles. The maximum atomic E-state index is 13.8. The van der Waals surface area contributed by atoms with Gasteiger partial charge in [0, 0.05) is 24.2 Å². The van der Waals surface area contributed by atoms with E-state index in [-0.39, 0.29) is 12.1 Å². The van der Waals surface area contributed by atoms with Crippen LogP contribution in [0.5, 0.6) is 0 Å². The Morgan fingerprint density at radius 3 is 2.81 bits per heavy atom. The lowest BCUT2D eigenvalue weighted by Gasteiger charge is -2.12. The number of nitrogens with one attached hydrogen (secondary N) is 3. The van der Waals surface area contributed by atoms with Crippen LogP contribution in [-0.4, -0.2) is 27.7 Å². The Hall–Kier alpha value is -3.29. The van der Waals surface area contributed by atoms with Gasteiger partial charge in [-0.2, -0.15) is 5.10 Å². The summed E-state index contributed by atoms with van der Waals surface area (Å²) < 4.78 is 27.0. The highest BCUT2D eigenvalue weighted by Crippen LogP contribution is 2.16. The number of aliphatic imine (C=N–C) groups is 1. The number of hydrogen-bond donors (Lipinski definition) is 3. The van der Waals surface area contributed by atoms with Crippen LogP contribution in [0.15, 0.2) is 53.8 Å². The SMILES string of the molecule is CCNC(=NCc1cccc(-c2ncn[nH]2)c1)NCc1cc(F)ccc1F. The van der Waals surface area contributed by atoms with Crippen molar-refractivity contribution in [2.75, 3.05) is 6.54 Å². The summed E-state index contributed by atoms with van der Waals surface area (Å²) in [5, 5.41) is 12.8. The van der Waals surface area contributed by atoms with Crippen LogP contribution < -0.4 is 10.6 Å². The minimum atomic E-state index is -0.473. The third-order valence-corrected chi connectivity index (χ3v) is 3.83. The zero-order valence-corrected chi connectivity index (χ0v) is 14.8. The largest absolute Gasteiger partial charge is 0.357 e. The number of nitrogens with zero attached hydrogens (tertiary/aromatic N) is 3. The van der Waals surface area contributed by atoms with Crippen LogP contribution in [0.4, 0.5) is 8.78 Å². The van der Waals surface area contributed by atoms with Crippen LogP contribution in [0.3, 0.4) is 0 Å². The van der Waals surface area contributed by atoms with E-state index in [1.165, 1.54) is 12.4 Å². The molecule has 0 aliphatic heterocycles. The van der Waals surface area contributed by atoms with Crippen molar-refractivity contribution < 1.29 is 8.78 Å². The van der Waals surface area contributed by atoms with Gasteiger partial charge in [0.05, 0.1) is 6.54 Å². The van der Waals surface area contributed by atoms with Gasteiger partial charge in [-0.25, -0.2) is 18.8 Å². The van der Waals surface area contributed by atoms with E-state index in [0.717, 1.165) is 23.3 Å². The number of hydrogen-bond acceptors (Lipinski definition) is 3. The number of aromatic amines is 1. The maximum Gasteiger partial charge on any atom is 0.191 e. The predicted octanol–water partition coefficient (Wildman–Crippen LogP) is 3.01. The lowest BCUT2D eigenvalue weighted by atomic mass is 10.1. The van der Waals surface area contributed by atoms with Gasteiger partial charge in [0.2, 0.25) is 0 Å². The predicted molar refractivity (Wildman–Crippen MR) is 99.8 cm³/mol. The van der Waals surface area contributed by atoms with Crippen LogP contribution in [0, 0.1) is 11.6 Å². The van der Waals surface area contributed by atoms with Gasteiger partial charge in [0.1, 0.15) is 18.0 Å². The molecule has 3 N–H and O–H groups in total. The van der Waals surface area contributed by atoms with E-state index in [4.69, 9.17) is 0 Å². The maximum absolute atomic E-state index is 13.8. The topological polar surface area (TPSA) is 78.0 Å². The molecule has 0 aliphatic rings. The van der Waals surface area contributed by atoms with Crippen molar-refractivity contribution in [1.82, 2.24) is 25.8 Å². The van der Waals surface area contributed by atoms with Crippen molar-refractivity contribution in [1.29, 1.82) is 0 Å². The molecule has 0 saturated heterocycles. The van der Waals surface area contributed by atoms with E-state index in [1.807, 2.05) is 31.2 Å². The molecule has 3 rings (SSSR count). The molecule has 2 aromatic carbocycles. The molecule has 3 aromatic rings. The van der Waals surface area contributed by atoms with E-state index >= 15 is 0 Å². The van der Waals surface area contributed by atoms with E-state index in [0.29, 0.717) is 24.9 Å². The zero-order valence-electron chi connectivity index (χ0n) is 14.8. The summed E-state index contributed by atoms with van der Waals surface area (Å²) in [6, 6.07) is 11.2. The molecule has 0 unspecified atom stereocenters. The van der Waals surface area contributed by atoms with Crippen LogP contribution in [0.25, 0.3) is 11.4 Å². The Kier molecular flexibility index (Phi) is 6.09. The summed E-state index contributed by atoms with van der Waals surface area (Å²) in [6.45, 7) is 3.14. The van der Waals surface area contributed by atoms with Gasteiger partial charge in [-0.05, 0) is 36.8 Å². The van der Waals surface area contributed by atoms with Gasteiger partial charge in [0.15, 0.2) is 11.8 Å². The minimum absolute atomic E-state index is 0.132. The smallest absolute Gasteiger partial charge is 0.191 e. The fourth-order valence-corrected chi connectivity index (χ4v) is 2.53. The lowest BCUT2D eigenvalue weighted by molar-refractivity contribution is 0.581. The molecule has 0 spiro atoms. The Bertz CT molecular complexity index is 908. The number of guanidine groups is 1. The fourth-order valence-electron chi connectivity index (χ4n) is 2.53. The van der Waals surface area contributed by atoms with E-state index < -0.39 is 11.6 Å². The third kappa shape index (κ3) is 5.10. The molecule has 1 aromatic heterocycles. The van der Waals surface area contributed by atoms with Crippen LogP contribution in [-0.2, 0) is 13.1 Å². The first-order chi connectivity index (χ1) is 13.2. The van der Waals surface area contributed by atoms with E-state index in [9.17, 15) is 8.78 Å². The van der Waals surface area contributed by atoms with Crippen molar-refractivity contribution in [3.8, 4) is 11.4 Å². The van der Waals surface area contributed by atoms with Gasteiger partial charge in [-0.1, -0.05) is 18.2 Å². The first-order valence-corrected chi connectivity index (χ1v) is 8.56. The molecule has 0 saturated carbocycles. The summed E-state index contributed by atoms with van der Waals surface area (Å²) in [5.74, 6) is 0.276. The standard InChI is InChI=1S/C19H20F2N6/c1-2-22-19(24-11-15-9-16(20)6-7-17(15)21)23-10-13-4-3-5-14(8-13)18-25-12-26-27-18/h3-9,12H,2,10-11H2,1H3,(H2,22,23,24)(H,25,26,27). The van der Waals surface area contributed by atoms with Crippen LogP contribution >= 0.6 is 0 Å². The molecule has 0 amide bonds. The molecule has 27 heavy (non-hydrogen) atoms. The molecule has 0 fully saturated rings. The molecule has 0 atom stereocenters. The Morgan fingerprint density at radius 1 is 1.15 bits per heavy atom. The summed E-state index contributed by atoms with van der Waals surface area (Å²) in [6.07, 6.45) is 1.46. The zero-order chi connectivity index (χ0) is 19.1. The highest BCUT2D eigenvalue weighted by atomic mass is 19.1. The molecule has 0 aliphatic carbocycles. The molecule has 0 radical (unpaired) electrons. The van der Waals surface area contributed by atoms with Crippen molar-refractivity contribution in [2.45, 2.75) is 20.0 Å². The Labute approximate surface area is 155 Å². The molecule has 6 nitrogen and oxygen atoms in total. The Balaban J connectivity index is 1.68. The molecular weight excluding hydrogens is 350 g/mol. The Morgan fingerprint density at radius 2 is 2.04 bits per heavy atom. The van der Waals surface area contributed by atoms with E-state index in [2.05, 4.69) is 30.8 Å². The third-order valence-electron chi connectivity index (χ3n) is 3.83. The number of aromatic nitrogens is 3. The summed E-state index contributed by atoms with van der Waals surface area (Å²) >= 11 is 0. The fraction of sp³-hybridized carbons (Fsp3) is 0.211. The number of rotatable bonds is 6. The first kappa shape index (κ1) is 18.5. The first-order valence-electron chi connectivity index (χ1n) is 8.56. The quantitative estimate of drug-likeness (QED) is 0.460. The van der Waals surface area contributed by atoms with Crippen LogP contribution in [0.1, 0.15) is 18.1 Å². The molecule has 8 heteroatoms. The summed E-state index contributed by atoms with van der Waals surface area (Å²) in [7, 11) is 0. The van der Waals surface area contributed by atoms with Gasteiger partial charge in [-0.3, -0.25) is 5.10 Å². The van der Waals surface area contributed by atoms with Crippen molar-refractivity contribution >= 4 is 5.96 Å². The van der Waals surface area contributed by atoms with Crippen molar-refractivity contribution in [3.63, 3.8) is 0 Å². The second-order valence-corrected chi connectivity index (χ2v) is 5.82. The van der Waals surface area contributed by atoms with Gasteiger partial charge >= 0.3 is 0 Å².